The number of nitrogens with one attached hydrogen (secondary N) is 1. The first-order valence-electron chi connectivity index (χ1n) is 7.58. The average Bonchev–Trinajstić information content (AvgIpc) is 3.08. The van der Waals surface area contributed by atoms with Gasteiger partial charge in [-0.1, -0.05) is 0 Å². The van der Waals surface area contributed by atoms with E-state index in [-0.39, 0.29) is 17.9 Å². The quantitative estimate of drug-likeness (QED) is 0.939. The van der Waals surface area contributed by atoms with E-state index in [0.717, 1.165) is 31.0 Å². The van der Waals surface area contributed by atoms with Crippen LogP contribution in [0.15, 0.2) is 23.2 Å². The zero-order valence-corrected chi connectivity index (χ0v) is 14.1. The van der Waals surface area contributed by atoms with Gasteiger partial charge in [0, 0.05) is 32.7 Å². The first-order chi connectivity index (χ1) is 10.5. The lowest BCUT2D eigenvalue weighted by molar-refractivity contribution is -0.124. The van der Waals surface area contributed by atoms with Gasteiger partial charge in [0.25, 0.3) is 0 Å². The molecule has 2 aromatic heterocycles. The van der Waals surface area contributed by atoms with Crippen molar-refractivity contribution in [2.45, 2.75) is 38.9 Å². The number of carbonyl (C=O) groups excluding carboxylic acids is 1. The smallest absolute Gasteiger partial charge is 0.230 e. The summed E-state index contributed by atoms with van der Waals surface area (Å²) in [5.41, 5.74) is 3.38. The summed E-state index contributed by atoms with van der Waals surface area (Å²) in [7, 11) is 1.97. The molecule has 1 aliphatic rings. The standard InChI is InChI=1S/C16H22N4OS/c1-11(2)18-16(21)13-7-20(6-12-4-5-22-9-12)8-14-15(13)19(3)10-17-14/h4-5,9-11,13H,6-8H2,1-3H3,(H,18,21)/t13-/m1/s1. The maximum Gasteiger partial charge on any atom is 0.230 e. The Hall–Kier alpha value is -1.66. The van der Waals surface area contributed by atoms with Crippen molar-refractivity contribution in [1.82, 2.24) is 19.8 Å². The van der Waals surface area contributed by atoms with Gasteiger partial charge in [-0.3, -0.25) is 9.69 Å². The Morgan fingerprint density at radius 3 is 3.05 bits per heavy atom. The van der Waals surface area contributed by atoms with Crippen molar-refractivity contribution in [2.75, 3.05) is 6.54 Å². The number of nitrogens with zero attached hydrogens (tertiary/aromatic N) is 3. The minimum Gasteiger partial charge on any atom is -0.353 e. The summed E-state index contributed by atoms with van der Waals surface area (Å²) in [5, 5.41) is 7.30. The SMILES string of the molecule is CC(C)NC(=O)[C@@H]1CN(Cc2ccsc2)Cc2ncn(C)c21. The third-order valence-corrected chi connectivity index (χ3v) is 4.67. The van der Waals surface area contributed by atoms with E-state index in [4.69, 9.17) is 0 Å². The molecule has 118 valence electrons. The van der Waals surface area contributed by atoms with Crippen LogP contribution in [0.2, 0.25) is 0 Å². The highest BCUT2D eigenvalue weighted by Gasteiger charge is 2.33. The summed E-state index contributed by atoms with van der Waals surface area (Å²) in [6.07, 6.45) is 1.81. The van der Waals surface area contributed by atoms with Crippen molar-refractivity contribution in [3.05, 3.63) is 40.1 Å². The molecular formula is C16H22N4OS. The molecule has 0 bridgehead atoms. The zero-order valence-electron chi connectivity index (χ0n) is 13.2. The van der Waals surface area contributed by atoms with Gasteiger partial charge in [-0.25, -0.2) is 4.98 Å². The molecule has 3 heterocycles. The lowest BCUT2D eigenvalue weighted by atomic mass is 9.96. The van der Waals surface area contributed by atoms with Crippen LogP contribution in [0.5, 0.6) is 0 Å². The molecule has 3 rings (SSSR count). The molecular weight excluding hydrogens is 296 g/mol. The third-order valence-electron chi connectivity index (χ3n) is 3.94. The van der Waals surface area contributed by atoms with E-state index in [9.17, 15) is 4.79 Å². The largest absolute Gasteiger partial charge is 0.353 e. The second-order valence-corrected chi connectivity index (χ2v) is 6.98. The zero-order chi connectivity index (χ0) is 15.7. The fourth-order valence-corrected chi connectivity index (χ4v) is 3.69. The second-order valence-electron chi connectivity index (χ2n) is 6.20. The maximum absolute atomic E-state index is 12.6. The van der Waals surface area contributed by atoms with Crippen molar-refractivity contribution in [2.24, 2.45) is 7.05 Å². The van der Waals surface area contributed by atoms with E-state index in [1.54, 1.807) is 11.3 Å². The number of carbonyl (C=O) groups is 1. The summed E-state index contributed by atoms with van der Waals surface area (Å²) < 4.78 is 1.99. The molecule has 0 saturated carbocycles. The van der Waals surface area contributed by atoms with Crippen molar-refractivity contribution < 1.29 is 4.79 Å². The van der Waals surface area contributed by atoms with Crippen LogP contribution in [0.4, 0.5) is 0 Å². The van der Waals surface area contributed by atoms with Gasteiger partial charge in [0.05, 0.1) is 23.6 Å². The molecule has 0 fully saturated rings. The van der Waals surface area contributed by atoms with Crippen LogP contribution in [-0.4, -0.2) is 32.9 Å². The van der Waals surface area contributed by atoms with Crippen LogP contribution in [-0.2, 0) is 24.9 Å². The molecule has 22 heavy (non-hydrogen) atoms. The van der Waals surface area contributed by atoms with E-state index in [0.29, 0.717) is 0 Å². The Morgan fingerprint density at radius 2 is 2.36 bits per heavy atom. The molecule has 2 aromatic rings. The molecule has 0 saturated heterocycles. The van der Waals surface area contributed by atoms with Crippen LogP contribution in [0.25, 0.3) is 0 Å². The summed E-state index contributed by atoms with van der Waals surface area (Å²) in [5.74, 6) is -0.0628. The van der Waals surface area contributed by atoms with Crippen molar-refractivity contribution in [3.8, 4) is 0 Å². The van der Waals surface area contributed by atoms with Gasteiger partial charge in [-0.2, -0.15) is 11.3 Å². The molecule has 1 N–H and O–H groups in total. The van der Waals surface area contributed by atoms with E-state index in [1.807, 2.05) is 31.8 Å². The lowest BCUT2D eigenvalue weighted by Crippen LogP contribution is -2.43. The fraction of sp³-hybridized carbons (Fsp3) is 0.500. The molecule has 5 nitrogen and oxygen atoms in total. The van der Waals surface area contributed by atoms with Gasteiger partial charge >= 0.3 is 0 Å². The second kappa shape index (κ2) is 6.22. The van der Waals surface area contributed by atoms with Gasteiger partial charge in [-0.05, 0) is 36.2 Å². The average molecular weight is 318 g/mol. The van der Waals surface area contributed by atoms with E-state index >= 15 is 0 Å². The van der Waals surface area contributed by atoms with Crippen LogP contribution >= 0.6 is 11.3 Å². The molecule has 0 aliphatic carbocycles. The predicted molar refractivity (Wildman–Crippen MR) is 87.7 cm³/mol. The minimum absolute atomic E-state index is 0.0925. The molecule has 0 aromatic carbocycles. The number of thiophene rings is 1. The predicted octanol–water partition coefficient (Wildman–Crippen LogP) is 2.11. The third kappa shape index (κ3) is 3.08. The van der Waals surface area contributed by atoms with E-state index in [1.165, 1.54) is 5.56 Å². The first kappa shape index (κ1) is 15.2. The number of amides is 1. The number of hydrogen-bond acceptors (Lipinski definition) is 4. The summed E-state index contributed by atoms with van der Waals surface area (Å²) in [4.78, 5) is 19.4. The van der Waals surface area contributed by atoms with Gasteiger partial charge in [0.1, 0.15) is 0 Å². The summed E-state index contributed by atoms with van der Waals surface area (Å²) >= 11 is 1.71. The highest BCUT2D eigenvalue weighted by atomic mass is 32.1. The molecule has 0 unspecified atom stereocenters. The number of hydrogen-bond donors (Lipinski definition) is 1. The molecule has 6 heteroatoms. The van der Waals surface area contributed by atoms with Crippen molar-refractivity contribution in [3.63, 3.8) is 0 Å². The number of imidazole rings is 1. The number of fused-ring (bicyclic) bond motifs is 1. The van der Waals surface area contributed by atoms with Crippen molar-refractivity contribution in [1.29, 1.82) is 0 Å². The van der Waals surface area contributed by atoms with Crippen LogP contribution in [0.3, 0.4) is 0 Å². The van der Waals surface area contributed by atoms with Crippen LogP contribution in [0.1, 0.15) is 36.7 Å². The topological polar surface area (TPSA) is 50.2 Å². The molecule has 1 aliphatic heterocycles. The number of aromatic nitrogens is 2. The lowest BCUT2D eigenvalue weighted by Gasteiger charge is -2.32. The maximum atomic E-state index is 12.6. The normalized spacial score (nSPS) is 18.5. The van der Waals surface area contributed by atoms with E-state index < -0.39 is 0 Å². The number of rotatable bonds is 4. The molecule has 0 spiro atoms. The molecule has 0 radical (unpaired) electrons. The highest BCUT2D eigenvalue weighted by Crippen LogP contribution is 2.28. The van der Waals surface area contributed by atoms with Gasteiger partial charge < -0.3 is 9.88 Å². The van der Waals surface area contributed by atoms with Gasteiger partial charge in [0.2, 0.25) is 5.91 Å². The van der Waals surface area contributed by atoms with Crippen molar-refractivity contribution >= 4 is 17.2 Å². The Labute approximate surface area is 135 Å². The Balaban J connectivity index is 1.83. The Bertz CT molecular complexity index is 647. The number of aryl methyl sites for hydroxylation is 1. The monoisotopic (exact) mass is 318 g/mol. The Kier molecular flexibility index (Phi) is 4.31. The van der Waals surface area contributed by atoms with Gasteiger partial charge in [-0.15, -0.1) is 0 Å². The Morgan fingerprint density at radius 1 is 1.55 bits per heavy atom. The summed E-state index contributed by atoms with van der Waals surface area (Å²) in [6.45, 7) is 6.39. The minimum atomic E-state index is -0.155. The molecule has 1 atom stereocenters. The van der Waals surface area contributed by atoms with Crippen LogP contribution in [0, 0.1) is 0 Å². The van der Waals surface area contributed by atoms with E-state index in [2.05, 4.69) is 32.0 Å². The first-order valence-corrected chi connectivity index (χ1v) is 8.52. The van der Waals surface area contributed by atoms with Crippen LogP contribution < -0.4 is 5.32 Å². The molecule has 1 amide bonds. The highest BCUT2D eigenvalue weighted by molar-refractivity contribution is 7.07. The van der Waals surface area contributed by atoms with Gasteiger partial charge in [0.15, 0.2) is 0 Å². The summed E-state index contributed by atoms with van der Waals surface area (Å²) in [6, 6.07) is 2.29. The fourth-order valence-electron chi connectivity index (χ4n) is 3.03.